The Bertz CT molecular complexity index is 1230. The zero-order valence-corrected chi connectivity index (χ0v) is 42.1. The number of carbonyl (C=O) groups is 1. The maximum absolute atomic E-state index is 12.9. The molecule has 0 radical (unpaired) electrons. The molecule has 0 amide bonds. The van der Waals surface area contributed by atoms with Crippen molar-refractivity contribution in [3.8, 4) is 0 Å². The van der Waals surface area contributed by atoms with Crippen LogP contribution in [-0.2, 0) is 38.3 Å². The third-order valence-electron chi connectivity index (χ3n) is 12.3. The highest BCUT2D eigenvalue weighted by Gasteiger charge is 2.48. The molecule has 0 aromatic carbocycles. The number of esters is 1. The van der Waals surface area contributed by atoms with Crippen LogP contribution in [0.3, 0.4) is 0 Å². The third kappa shape index (κ3) is 37.2. The third-order valence-corrected chi connectivity index (χ3v) is 12.8. The molecule has 6 atom stereocenters. The van der Waals surface area contributed by atoms with Gasteiger partial charge in [-0.25, -0.2) is 4.18 Å². The summed E-state index contributed by atoms with van der Waals surface area (Å²) in [6.07, 6.45) is 42.1. The maximum Gasteiger partial charge on any atom is 0.397 e. The topological polar surface area (TPSA) is 178 Å². The van der Waals surface area contributed by atoms with Crippen molar-refractivity contribution in [2.45, 2.75) is 275 Å². The highest BCUT2D eigenvalue weighted by molar-refractivity contribution is 7.80. The Kier molecular flexibility index (Phi) is 41.5. The SMILES string of the molecule is CCCCCCC/C=C\C/C=C\CCCCCCCCCCCCCCOCC(COC1OC(CO)C(O)C(OS(=O)(=O)O)C1O)OC(=O)CCCCCCCCCCCCCCCC. The van der Waals surface area contributed by atoms with Crippen molar-refractivity contribution in [2.75, 3.05) is 26.4 Å². The zero-order valence-electron chi connectivity index (χ0n) is 41.3. The van der Waals surface area contributed by atoms with E-state index in [1.165, 1.54) is 167 Å². The van der Waals surface area contributed by atoms with Crippen molar-refractivity contribution in [3.05, 3.63) is 24.3 Å². The lowest BCUT2D eigenvalue weighted by Gasteiger charge is -2.41. The van der Waals surface area contributed by atoms with E-state index in [1.54, 1.807) is 0 Å². The molecule has 0 aromatic heterocycles. The summed E-state index contributed by atoms with van der Waals surface area (Å²) in [4.78, 5) is 12.9. The Balaban J connectivity index is 2.30. The van der Waals surface area contributed by atoms with Crippen LogP contribution in [-0.4, -0.2) is 97.5 Å². The number of aliphatic hydroxyl groups excluding tert-OH is 3. The van der Waals surface area contributed by atoms with Crippen LogP contribution in [0, 0.1) is 0 Å². The van der Waals surface area contributed by atoms with Gasteiger partial charge in [-0.1, -0.05) is 212 Å². The lowest BCUT2D eigenvalue weighted by atomic mass is 9.99. The predicted molar refractivity (Wildman–Crippen MR) is 262 cm³/mol. The Morgan fingerprint density at radius 1 is 0.585 bits per heavy atom. The quantitative estimate of drug-likeness (QED) is 0.0197. The van der Waals surface area contributed by atoms with E-state index in [-0.39, 0.29) is 19.6 Å². The van der Waals surface area contributed by atoms with Crippen molar-refractivity contribution in [3.63, 3.8) is 0 Å². The fourth-order valence-corrected chi connectivity index (χ4v) is 8.80. The van der Waals surface area contributed by atoms with Gasteiger partial charge in [0, 0.05) is 13.0 Å². The average molecular weight is 947 g/mol. The molecule has 0 bridgehead atoms. The predicted octanol–water partition coefficient (Wildman–Crippen LogP) is 12.4. The number of carbonyl (C=O) groups excluding carboxylic acids is 1. The Hall–Kier alpha value is -1.42. The highest BCUT2D eigenvalue weighted by atomic mass is 32.3. The van der Waals surface area contributed by atoms with E-state index >= 15 is 0 Å². The molecule has 13 heteroatoms. The summed E-state index contributed by atoms with van der Waals surface area (Å²) in [5.41, 5.74) is 0. The highest BCUT2D eigenvalue weighted by Crippen LogP contribution is 2.26. The number of rotatable bonds is 47. The second-order valence-corrected chi connectivity index (χ2v) is 19.5. The van der Waals surface area contributed by atoms with Crippen LogP contribution in [0.1, 0.15) is 239 Å². The molecule has 12 nitrogen and oxygen atoms in total. The lowest BCUT2D eigenvalue weighted by molar-refractivity contribution is -0.301. The first-order valence-electron chi connectivity index (χ1n) is 26.6. The van der Waals surface area contributed by atoms with Crippen LogP contribution in [0.2, 0.25) is 0 Å². The number of allylic oxidation sites excluding steroid dienone is 4. The summed E-state index contributed by atoms with van der Waals surface area (Å²) in [7, 11) is -5.06. The van der Waals surface area contributed by atoms with E-state index in [4.69, 9.17) is 18.9 Å². The van der Waals surface area contributed by atoms with Crippen LogP contribution in [0.5, 0.6) is 0 Å². The zero-order chi connectivity index (χ0) is 47.5. The van der Waals surface area contributed by atoms with Gasteiger partial charge in [-0.2, -0.15) is 8.42 Å². The van der Waals surface area contributed by atoms with Gasteiger partial charge in [0.2, 0.25) is 0 Å². The summed E-state index contributed by atoms with van der Waals surface area (Å²) in [5, 5.41) is 30.7. The number of hydrogen-bond donors (Lipinski definition) is 4. The van der Waals surface area contributed by atoms with Gasteiger partial charge in [-0.3, -0.25) is 9.35 Å². The molecule has 0 aliphatic carbocycles. The van der Waals surface area contributed by atoms with Gasteiger partial charge in [0.05, 0.1) is 19.8 Å². The van der Waals surface area contributed by atoms with Crippen molar-refractivity contribution in [2.24, 2.45) is 0 Å². The first-order chi connectivity index (χ1) is 31.6. The molecule has 4 N–H and O–H groups in total. The molecule has 6 unspecified atom stereocenters. The van der Waals surface area contributed by atoms with Gasteiger partial charge in [-0.05, 0) is 44.9 Å². The van der Waals surface area contributed by atoms with E-state index in [1.807, 2.05) is 0 Å². The number of ether oxygens (including phenoxy) is 4. The van der Waals surface area contributed by atoms with E-state index < -0.39 is 59.8 Å². The van der Waals surface area contributed by atoms with Crippen LogP contribution >= 0.6 is 0 Å². The Morgan fingerprint density at radius 2 is 1.02 bits per heavy atom. The maximum atomic E-state index is 12.9. The smallest absolute Gasteiger partial charge is 0.397 e. The van der Waals surface area contributed by atoms with Crippen LogP contribution in [0.15, 0.2) is 24.3 Å². The van der Waals surface area contributed by atoms with Gasteiger partial charge in [0.15, 0.2) is 6.29 Å². The van der Waals surface area contributed by atoms with E-state index in [0.29, 0.717) is 13.0 Å². The molecule has 0 spiro atoms. The second-order valence-electron chi connectivity index (χ2n) is 18.5. The molecular weight excluding hydrogens is 849 g/mol. The summed E-state index contributed by atoms with van der Waals surface area (Å²) < 4.78 is 59.3. The number of unbranched alkanes of at least 4 members (excludes halogenated alkanes) is 30. The summed E-state index contributed by atoms with van der Waals surface area (Å²) in [6.45, 7) is 4.01. The summed E-state index contributed by atoms with van der Waals surface area (Å²) in [5.74, 6) is -0.396. The Morgan fingerprint density at radius 3 is 1.46 bits per heavy atom. The van der Waals surface area contributed by atoms with Gasteiger partial charge >= 0.3 is 16.4 Å². The van der Waals surface area contributed by atoms with Gasteiger partial charge < -0.3 is 34.3 Å². The first-order valence-corrected chi connectivity index (χ1v) is 28.0. The number of hydrogen-bond acceptors (Lipinski definition) is 11. The standard InChI is InChI=1S/C52H98O12S/c1-3-5-7-9-11-13-15-17-19-20-21-22-23-24-25-26-27-28-30-32-34-36-38-40-42-60-44-46(45-61-52-50(56)51(64-65(57,58)59)49(55)47(43-53)63-52)62-48(54)41-39-37-35-33-31-29-18-16-14-12-10-8-6-4-2/h15,17,20-21,46-47,49-53,55-56H,3-14,16,18-19,22-45H2,1-2H3,(H,57,58,59)/b17-15-,21-20-. The van der Waals surface area contributed by atoms with Gasteiger partial charge in [0.1, 0.15) is 30.5 Å². The van der Waals surface area contributed by atoms with Crippen molar-refractivity contribution in [1.29, 1.82) is 0 Å². The normalized spacial score (nSPS) is 19.8. The minimum Gasteiger partial charge on any atom is -0.457 e. The van der Waals surface area contributed by atoms with E-state index in [0.717, 1.165) is 44.9 Å². The first kappa shape index (κ1) is 61.6. The molecular formula is C52H98O12S. The minimum absolute atomic E-state index is 0.0396. The molecule has 0 aromatic rings. The fraction of sp³-hybridized carbons (Fsp3) is 0.904. The summed E-state index contributed by atoms with van der Waals surface area (Å²) >= 11 is 0. The molecule has 384 valence electrons. The largest absolute Gasteiger partial charge is 0.457 e. The van der Waals surface area contributed by atoms with Crippen molar-refractivity contribution >= 4 is 16.4 Å². The van der Waals surface area contributed by atoms with Crippen LogP contribution in [0.4, 0.5) is 0 Å². The van der Waals surface area contributed by atoms with Crippen molar-refractivity contribution in [1.82, 2.24) is 0 Å². The van der Waals surface area contributed by atoms with Crippen molar-refractivity contribution < 1.29 is 56.2 Å². The van der Waals surface area contributed by atoms with E-state index in [2.05, 4.69) is 42.3 Å². The fourth-order valence-electron chi connectivity index (χ4n) is 8.29. The van der Waals surface area contributed by atoms with E-state index in [9.17, 15) is 33.1 Å². The lowest BCUT2D eigenvalue weighted by Crippen LogP contribution is -2.60. The Labute approximate surface area is 397 Å². The molecule has 1 aliphatic heterocycles. The molecule has 1 fully saturated rings. The monoisotopic (exact) mass is 947 g/mol. The van der Waals surface area contributed by atoms with Gasteiger partial charge in [0.25, 0.3) is 0 Å². The summed E-state index contributed by atoms with van der Waals surface area (Å²) in [6, 6.07) is 0. The minimum atomic E-state index is -5.06. The van der Waals surface area contributed by atoms with Crippen LogP contribution < -0.4 is 0 Å². The molecule has 1 aliphatic rings. The van der Waals surface area contributed by atoms with Crippen LogP contribution in [0.25, 0.3) is 0 Å². The average Bonchev–Trinajstić information content (AvgIpc) is 3.28. The molecule has 65 heavy (non-hydrogen) atoms. The molecule has 1 rings (SSSR count). The number of aliphatic hydroxyl groups is 3. The molecule has 1 heterocycles. The molecule has 0 saturated carbocycles. The van der Waals surface area contributed by atoms with Gasteiger partial charge in [-0.15, -0.1) is 0 Å². The molecule has 1 saturated heterocycles. The second kappa shape index (κ2) is 43.8.